The fourth-order valence-electron chi connectivity index (χ4n) is 2.76. The van der Waals surface area contributed by atoms with Gasteiger partial charge in [0.15, 0.2) is 6.10 Å². The molecule has 6 nitrogen and oxygen atoms in total. The fourth-order valence-corrected chi connectivity index (χ4v) is 3.39. The topological polar surface area (TPSA) is 86.5 Å². The molecule has 0 unspecified atom stereocenters. The smallest absolute Gasteiger partial charge is 0.338 e. The summed E-state index contributed by atoms with van der Waals surface area (Å²) in [5.74, 6) is -1.07. The fraction of sp³-hybridized carbons (Fsp3) is 0.0909. The highest BCUT2D eigenvalue weighted by molar-refractivity contribution is 9.09. The Morgan fingerprint density at radius 2 is 1.45 bits per heavy atom. The van der Waals surface area contributed by atoms with Crippen LogP contribution in [0, 0.1) is 10.1 Å². The molecular formula is C22H16BrNO5. The summed E-state index contributed by atoms with van der Waals surface area (Å²) in [5, 5.41) is 11.1. The van der Waals surface area contributed by atoms with Gasteiger partial charge in [-0.1, -0.05) is 76.6 Å². The minimum absolute atomic E-state index is 0.118. The average molecular weight is 454 g/mol. The van der Waals surface area contributed by atoms with Crippen molar-refractivity contribution in [3.05, 3.63) is 112 Å². The molecule has 0 fully saturated rings. The van der Waals surface area contributed by atoms with Crippen molar-refractivity contribution in [2.45, 2.75) is 10.9 Å². The number of nitro groups is 1. The Morgan fingerprint density at radius 1 is 0.862 bits per heavy atom. The average Bonchev–Trinajstić information content (AvgIpc) is 2.77. The summed E-state index contributed by atoms with van der Waals surface area (Å²) in [6, 6.07) is 22.6. The van der Waals surface area contributed by atoms with Crippen LogP contribution in [-0.4, -0.2) is 22.8 Å². The Morgan fingerprint density at radius 3 is 2.03 bits per heavy atom. The monoisotopic (exact) mass is 453 g/mol. The summed E-state index contributed by atoms with van der Waals surface area (Å²) < 4.78 is 5.56. The number of non-ortho nitro benzene ring substituents is 1. The number of carbonyl (C=O) groups is 2. The number of nitro benzene ring substituents is 1. The summed E-state index contributed by atoms with van der Waals surface area (Å²) in [6.07, 6.45) is -1.22. The number of esters is 1. The Labute approximate surface area is 175 Å². The standard InChI is InChI=1S/C22H16BrNO5/c23-19(17-12-7-13-18(14-17)24(27)28)21(20(25)15-8-3-1-4-9-15)29-22(26)16-10-5-2-6-11-16/h1-14,19,21H/t19-,21+/m1/s1. The van der Waals surface area contributed by atoms with Crippen LogP contribution in [0.2, 0.25) is 0 Å². The first-order valence-corrected chi connectivity index (χ1v) is 9.62. The maximum absolute atomic E-state index is 13.1. The Hall–Kier alpha value is -3.32. The normalized spacial score (nSPS) is 12.6. The first-order valence-electron chi connectivity index (χ1n) is 8.71. The number of halogens is 1. The lowest BCUT2D eigenvalue weighted by molar-refractivity contribution is -0.384. The van der Waals surface area contributed by atoms with Crippen LogP contribution in [0.1, 0.15) is 31.1 Å². The molecule has 0 aliphatic carbocycles. The molecule has 0 spiro atoms. The molecule has 0 heterocycles. The van der Waals surface area contributed by atoms with Crippen molar-refractivity contribution in [1.82, 2.24) is 0 Å². The van der Waals surface area contributed by atoms with E-state index in [0.29, 0.717) is 16.7 Å². The van der Waals surface area contributed by atoms with Crippen LogP contribution in [0.3, 0.4) is 0 Å². The van der Waals surface area contributed by atoms with E-state index >= 15 is 0 Å². The van der Waals surface area contributed by atoms with Gasteiger partial charge in [0.25, 0.3) is 5.69 Å². The predicted octanol–water partition coefficient (Wildman–Crippen LogP) is 5.14. The molecular weight excluding hydrogens is 438 g/mol. The van der Waals surface area contributed by atoms with E-state index in [-0.39, 0.29) is 5.69 Å². The van der Waals surface area contributed by atoms with E-state index in [9.17, 15) is 19.7 Å². The van der Waals surface area contributed by atoms with Gasteiger partial charge in [-0.15, -0.1) is 0 Å². The molecule has 3 aromatic carbocycles. The number of ether oxygens (including phenoxy) is 1. The van der Waals surface area contributed by atoms with Gasteiger partial charge >= 0.3 is 5.97 Å². The van der Waals surface area contributed by atoms with Gasteiger partial charge in [0.05, 0.1) is 15.3 Å². The molecule has 0 bridgehead atoms. The van der Waals surface area contributed by atoms with Crippen LogP contribution in [0.5, 0.6) is 0 Å². The summed E-state index contributed by atoms with van der Waals surface area (Å²) in [5.41, 5.74) is 1.01. The van der Waals surface area contributed by atoms with Crippen molar-refractivity contribution < 1.29 is 19.2 Å². The van der Waals surface area contributed by atoms with Crippen molar-refractivity contribution in [2.24, 2.45) is 0 Å². The number of hydrogen-bond donors (Lipinski definition) is 0. The third-order valence-corrected chi connectivity index (χ3v) is 5.23. The highest BCUT2D eigenvalue weighted by Crippen LogP contribution is 2.33. The zero-order valence-corrected chi connectivity index (χ0v) is 16.7. The molecule has 0 aromatic heterocycles. The number of ketones is 1. The van der Waals surface area contributed by atoms with Gasteiger partial charge in [-0.25, -0.2) is 4.79 Å². The van der Waals surface area contributed by atoms with E-state index in [1.165, 1.54) is 18.2 Å². The second-order valence-electron chi connectivity index (χ2n) is 6.18. The summed E-state index contributed by atoms with van der Waals surface area (Å²) in [7, 11) is 0. The summed E-state index contributed by atoms with van der Waals surface area (Å²) in [6.45, 7) is 0. The van der Waals surface area contributed by atoms with Crippen LogP contribution in [-0.2, 0) is 4.74 Å². The van der Waals surface area contributed by atoms with E-state index in [1.54, 1.807) is 66.7 Å². The van der Waals surface area contributed by atoms with Crippen molar-refractivity contribution in [2.75, 3.05) is 0 Å². The molecule has 0 N–H and O–H groups in total. The lowest BCUT2D eigenvalue weighted by Gasteiger charge is -2.22. The van der Waals surface area contributed by atoms with Crippen LogP contribution in [0.15, 0.2) is 84.9 Å². The Kier molecular flexibility index (Phi) is 6.51. The van der Waals surface area contributed by atoms with Gasteiger partial charge in [0.1, 0.15) is 0 Å². The van der Waals surface area contributed by atoms with Crippen LogP contribution >= 0.6 is 15.9 Å². The molecule has 0 saturated carbocycles. The molecule has 0 radical (unpaired) electrons. The maximum atomic E-state index is 13.1. The van der Waals surface area contributed by atoms with E-state index in [2.05, 4.69) is 15.9 Å². The molecule has 7 heteroatoms. The number of Topliss-reactive ketones (excluding diaryl/α,β-unsaturated/α-hetero) is 1. The lowest BCUT2D eigenvalue weighted by Crippen LogP contribution is -2.31. The number of carbonyl (C=O) groups excluding carboxylic acids is 2. The molecule has 146 valence electrons. The van der Waals surface area contributed by atoms with Crippen molar-refractivity contribution in [3.63, 3.8) is 0 Å². The van der Waals surface area contributed by atoms with Crippen LogP contribution in [0.25, 0.3) is 0 Å². The first kappa shape index (κ1) is 20.4. The zero-order chi connectivity index (χ0) is 20.8. The van der Waals surface area contributed by atoms with Gasteiger partial charge in [-0.3, -0.25) is 14.9 Å². The molecule has 3 rings (SSSR count). The second-order valence-corrected chi connectivity index (χ2v) is 7.16. The highest BCUT2D eigenvalue weighted by Gasteiger charge is 2.33. The minimum atomic E-state index is -1.22. The van der Waals surface area contributed by atoms with E-state index < -0.39 is 27.6 Å². The second kappa shape index (κ2) is 9.25. The van der Waals surface area contributed by atoms with Gasteiger partial charge in [0, 0.05) is 17.7 Å². The third-order valence-electron chi connectivity index (χ3n) is 4.23. The highest BCUT2D eigenvalue weighted by atomic mass is 79.9. The van der Waals surface area contributed by atoms with Gasteiger partial charge in [-0.05, 0) is 17.7 Å². The lowest BCUT2D eigenvalue weighted by atomic mass is 9.99. The van der Waals surface area contributed by atoms with Crippen LogP contribution in [0.4, 0.5) is 5.69 Å². The molecule has 3 aromatic rings. The molecule has 0 amide bonds. The van der Waals surface area contributed by atoms with Crippen molar-refractivity contribution in [3.8, 4) is 0 Å². The van der Waals surface area contributed by atoms with Crippen molar-refractivity contribution >= 4 is 33.4 Å². The van der Waals surface area contributed by atoms with E-state index in [0.717, 1.165) is 0 Å². The maximum Gasteiger partial charge on any atom is 0.338 e. The van der Waals surface area contributed by atoms with Crippen molar-refractivity contribution in [1.29, 1.82) is 0 Å². The Bertz CT molecular complexity index is 1020. The van der Waals surface area contributed by atoms with Gasteiger partial charge in [-0.2, -0.15) is 0 Å². The van der Waals surface area contributed by atoms with E-state index in [1.807, 2.05) is 0 Å². The minimum Gasteiger partial charge on any atom is -0.449 e. The number of hydrogen-bond acceptors (Lipinski definition) is 5. The zero-order valence-electron chi connectivity index (χ0n) is 15.1. The summed E-state index contributed by atoms with van der Waals surface area (Å²) in [4.78, 5) is 35.5. The molecule has 0 aliphatic heterocycles. The van der Waals surface area contributed by atoms with Gasteiger partial charge in [0.2, 0.25) is 5.78 Å². The number of nitrogens with zero attached hydrogens (tertiary/aromatic N) is 1. The van der Waals surface area contributed by atoms with Gasteiger partial charge < -0.3 is 4.74 Å². The third kappa shape index (κ3) is 4.94. The number of alkyl halides is 1. The SMILES string of the molecule is O=C(O[C@H](C(=O)c1ccccc1)[C@H](Br)c1cccc([N+](=O)[O-])c1)c1ccccc1. The molecule has 0 saturated heterocycles. The molecule has 0 aliphatic rings. The van der Waals surface area contributed by atoms with E-state index in [4.69, 9.17) is 4.74 Å². The first-order chi connectivity index (χ1) is 14.0. The largest absolute Gasteiger partial charge is 0.449 e. The van der Waals surface area contributed by atoms with Crippen LogP contribution < -0.4 is 0 Å². The molecule has 29 heavy (non-hydrogen) atoms. The number of rotatable bonds is 7. The number of benzene rings is 3. The quantitative estimate of drug-likeness (QED) is 0.162. The predicted molar refractivity (Wildman–Crippen MR) is 111 cm³/mol. The Balaban J connectivity index is 1.95. The molecule has 2 atom stereocenters. The summed E-state index contributed by atoms with van der Waals surface area (Å²) >= 11 is 3.41.